The highest BCUT2D eigenvalue weighted by Gasteiger charge is 2.10. The molecule has 0 aliphatic heterocycles. The number of aliphatic imine (C=N–C) groups is 1. The quantitative estimate of drug-likeness (QED) is 0.362. The van der Waals surface area contributed by atoms with Crippen molar-refractivity contribution >= 4 is 23.3 Å². The molecule has 0 saturated carbocycles. The van der Waals surface area contributed by atoms with Gasteiger partial charge in [-0.25, -0.2) is 0 Å². The van der Waals surface area contributed by atoms with Gasteiger partial charge in [0.1, 0.15) is 0 Å². The van der Waals surface area contributed by atoms with E-state index in [1.54, 1.807) is 0 Å². The maximum atomic E-state index is 10.9. The highest BCUT2D eigenvalue weighted by molar-refractivity contribution is 7.78. The fourth-order valence-electron chi connectivity index (χ4n) is 0.760. The predicted octanol–water partition coefficient (Wildman–Crippen LogP) is 0.0721. The molecule has 0 fully saturated rings. The standard InChI is InChI=1S/C7H13N3OS/c8-4-2-1-3-6(9)7(11)10-5-12/h6H,1-4,8-9H2/t6-/m0/s1. The van der Waals surface area contributed by atoms with E-state index in [1.165, 1.54) is 0 Å². The van der Waals surface area contributed by atoms with Crippen LogP contribution in [0.4, 0.5) is 0 Å². The lowest BCUT2D eigenvalue weighted by atomic mass is 10.1. The van der Waals surface area contributed by atoms with Gasteiger partial charge >= 0.3 is 0 Å². The van der Waals surface area contributed by atoms with Gasteiger partial charge in [-0.2, -0.15) is 4.99 Å². The molecule has 4 N–H and O–H groups in total. The normalized spacial score (nSPS) is 11.8. The van der Waals surface area contributed by atoms with E-state index < -0.39 is 11.9 Å². The number of nitrogens with two attached hydrogens (primary N) is 2. The van der Waals surface area contributed by atoms with Crippen LogP contribution < -0.4 is 11.5 Å². The van der Waals surface area contributed by atoms with Crippen LogP contribution in [0.1, 0.15) is 19.3 Å². The number of nitrogens with zero attached hydrogens (tertiary/aromatic N) is 1. The molecule has 0 aromatic carbocycles. The average molecular weight is 187 g/mol. The number of carbonyl (C=O) groups excluding carboxylic acids is 1. The van der Waals surface area contributed by atoms with E-state index in [1.807, 2.05) is 5.16 Å². The Bertz CT molecular complexity index is 189. The second-order valence-electron chi connectivity index (χ2n) is 2.43. The first-order chi connectivity index (χ1) is 5.72. The lowest BCUT2D eigenvalue weighted by molar-refractivity contribution is -0.119. The van der Waals surface area contributed by atoms with Gasteiger partial charge in [-0.15, -0.1) is 0 Å². The maximum Gasteiger partial charge on any atom is 0.271 e. The summed E-state index contributed by atoms with van der Waals surface area (Å²) in [5, 5.41) is 1.99. The van der Waals surface area contributed by atoms with Crippen molar-refractivity contribution in [2.24, 2.45) is 16.5 Å². The van der Waals surface area contributed by atoms with E-state index in [0.29, 0.717) is 13.0 Å². The smallest absolute Gasteiger partial charge is 0.271 e. The average Bonchev–Trinajstić information content (AvgIpc) is 2.05. The Labute approximate surface area is 77.0 Å². The fourth-order valence-corrected chi connectivity index (χ4v) is 0.850. The largest absolute Gasteiger partial charge is 0.330 e. The summed E-state index contributed by atoms with van der Waals surface area (Å²) < 4.78 is 0. The van der Waals surface area contributed by atoms with Crippen molar-refractivity contribution in [1.29, 1.82) is 0 Å². The molecule has 1 atom stereocenters. The van der Waals surface area contributed by atoms with Gasteiger partial charge in [0.05, 0.1) is 11.2 Å². The van der Waals surface area contributed by atoms with Gasteiger partial charge in [-0.05, 0) is 31.6 Å². The van der Waals surface area contributed by atoms with Gasteiger partial charge in [-0.1, -0.05) is 6.42 Å². The summed E-state index contributed by atoms with van der Waals surface area (Å²) in [4.78, 5) is 14.2. The van der Waals surface area contributed by atoms with Crippen LogP contribution in [0.2, 0.25) is 0 Å². The Kier molecular flexibility index (Phi) is 6.70. The zero-order chi connectivity index (χ0) is 9.40. The van der Waals surface area contributed by atoms with Crippen molar-refractivity contribution in [2.45, 2.75) is 25.3 Å². The fraction of sp³-hybridized carbons (Fsp3) is 0.714. The molecule has 0 aliphatic carbocycles. The van der Waals surface area contributed by atoms with Gasteiger partial charge in [0.15, 0.2) is 0 Å². The van der Waals surface area contributed by atoms with Gasteiger partial charge in [0.25, 0.3) is 5.91 Å². The molecule has 1 amide bonds. The SMILES string of the molecule is NCCCC[C@H](N)C(=O)N=C=S. The number of hydrogen-bond donors (Lipinski definition) is 2. The lowest BCUT2D eigenvalue weighted by Gasteiger charge is -2.04. The third-order valence-electron chi connectivity index (χ3n) is 1.44. The molecule has 0 unspecified atom stereocenters. The minimum Gasteiger partial charge on any atom is -0.330 e. The summed E-state index contributed by atoms with van der Waals surface area (Å²) in [6, 6.07) is -0.549. The molecule has 0 bridgehead atoms. The molecule has 68 valence electrons. The number of isothiocyanates is 1. The topological polar surface area (TPSA) is 81.5 Å². The van der Waals surface area contributed by atoms with Crippen LogP contribution >= 0.6 is 12.2 Å². The highest BCUT2D eigenvalue weighted by Crippen LogP contribution is 1.98. The van der Waals surface area contributed by atoms with Crippen LogP contribution in [-0.2, 0) is 4.79 Å². The van der Waals surface area contributed by atoms with Crippen molar-refractivity contribution in [2.75, 3.05) is 6.54 Å². The molecule has 0 spiro atoms. The number of carbonyl (C=O) groups is 1. The third kappa shape index (κ3) is 5.09. The van der Waals surface area contributed by atoms with Crippen molar-refractivity contribution in [3.63, 3.8) is 0 Å². The zero-order valence-electron chi connectivity index (χ0n) is 6.82. The summed E-state index contributed by atoms with van der Waals surface area (Å²) in [6.45, 7) is 0.622. The number of hydrogen-bond acceptors (Lipinski definition) is 4. The first-order valence-corrected chi connectivity index (χ1v) is 4.20. The molecule has 0 rings (SSSR count). The zero-order valence-corrected chi connectivity index (χ0v) is 7.64. The summed E-state index contributed by atoms with van der Waals surface area (Å²) >= 11 is 4.27. The second kappa shape index (κ2) is 7.06. The minimum absolute atomic E-state index is 0.401. The van der Waals surface area contributed by atoms with Crippen molar-refractivity contribution in [3.8, 4) is 0 Å². The van der Waals surface area contributed by atoms with Crippen LogP contribution in [0, 0.1) is 0 Å². The molecule has 0 aromatic heterocycles. The molecule has 4 nitrogen and oxygen atoms in total. The molecule has 0 aliphatic rings. The van der Waals surface area contributed by atoms with E-state index in [0.717, 1.165) is 12.8 Å². The summed E-state index contributed by atoms with van der Waals surface area (Å²) in [7, 11) is 0. The highest BCUT2D eigenvalue weighted by atomic mass is 32.1. The Morgan fingerprint density at radius 2 is 2.25 bits per heavy atom. The van der Waals surface area contributed by atoms with Gasteiger partial charge in [0, 0.05) is 0 Å². The number of unbranched alkanes of at least 4 members (excludes halogenated alkanes) is 1. The molecule has 0 aromatic rings. The number of thiocarbonyl (C=S) groups is 1. The molecule has 0 heterocycles. The molecular formula is C7H13N3OS. The summed E-state index contributed by atoms with van der Waals surface area (Å²) in [5.41, 5.74) is 10.7. The first kappa shape index (κ1) is 11.4. The van der Waals surface area contributed by atoms with E-state index in [9.17, 15) is 4.79 Å². The lowest BCUT2D eigenvalue weighted by Crippen LogP contribution is -2.28. The van der Waals surface area contributed by atoms with E-state index in [-0.39, 0.29) is 0 Å². The monoisotopic (exact) mass is 187 g/mol. The van der Waals surface area contributed by atoms with Crippen LogP contribution in [-0.4, -0.2) is 23.7 Å². The molecule has 0 radical (unpaired) electrons. The number of rotatable bonds is 5. The van der Waals surface area contributed by atoms with E-state index in [4.69, 9.17) is 11.5 Å². The molecule has 5 heteroatoms. The van der Waals surface area contributed by atoms with Crippen LogP contribution in [0.25, 0.3) is 0 Å². The van der Waals surface area contributed by atoms with Crippen molar-refractivity contribution < 1.29 is 4.79 Å². The number of amides is 1. The maximum absolute atomic E-state index is 10.9. The van der Waals surface area contributed by atoms with Crippen molar-refractivity contribution in [3.05, 3.63) is 0 Å². The Balaban J connectivity index is 3.63. The van der Waals surface area contributed by atoms with Crippen LogP contribution in [0.15, 0.2) is 4.99 Å². The van der Waals surface area contributed by atoms with Crippen LogP contribution in [0.3, 0.4) is 0 Å². The molecular weight excluding hydrogens is 174 g/mol. The van der Waals surface area contributed by atoms with E-state index in [2.05, 4.69) is 17.2 Å². The van der Waals surface area contributed by atoms with Crippen molar-refractivity contribution in [1.82, 2.24) is 0 Å². The Morgan fingerprint density at radius 3 is 2.75 bits per heavy atom. The summed E-state index contributed by atoms with van der Waals surface area (Å²) in [5.74, 6) is -0.401. The van der Waals surface area contributed by atoms with Crippen LogP contribution in [0.5, 0.6) is 0 Å². The third-order valence-corrected chi connectivity index (χ3v) is 1.53. The van der Waals surface area contributed by atoms with E-state index >= 15 is 0 Å². The Hall–Kier alpha value is -0.610. The van der Waals surface area contributed by atoms with Gasteiger partial charge in [-0.3, -0.25) is 4.79 Å². The molecule has 0 saturated heterocycles. The van der Waals surface area contributed by atoms with Gasteiger partial charge in [0.2, 0.25) is 0 Å². The predicted molar refractivity (Wildman–Crippen MR) is 50.9 cm³/mol. The first-order valence-electron chi connectivity index (χ1n) is 3.79. The molecule has 12 heavy (non-hydrogen) atoms. The second-order valence-corrected chi connectivity index (χ2v) is 2.61. The van der Waals surface area contributed by atoms with Gasteiger partial charge < -0.3 is 11.5 Å². The Morgan fingerprint density at radius 1 is 1.58 bits per heavy atom. The minimum atomic E-state index is -0.549. The summed E-state index contributed by atoms with van der Waals surface area (Å²) in [6.07, 6.45) is 2.33.